The lowest BCUT2D eigenvalue weighted by Crippen LogP contribution is -2.39. The Morgan fingerprint density at radius 2 is 1.87 bits per heavy atom. The van der Waals surface area contributed by atoms with Gasteiger partial charge in [-0.3, -0.25) is 14.5 Å². The van der Waals surface area contributed by atoms with E-state index in [0.29, 0.717) is 46.9 Å². The summed E-state index contributed by atoms with van der Waals surface area (Å²) >= 11 is 12.1. The largest absolute Gasteiger partial charge is 0.328 e. The number of carbonyl (C=O) groups is 1. The van der Waals surface area contributed by atoms with Gasteiger partial charge in [-0.25, -0.2) is 0 Å². The Morgan fingerprint density at radius 1 is 1.00 bits per heavy atom. The molecule has 31 heavy (non-hydrogen) atoms. The molecule has 4 heterocycles. The second-order valence-electron chi connectivity index (χ2n) is 7.20. The quantitative estimate of drug-likeness (QED) is 0.472. The Kier molecular flexibility index (Phi) is 4.95. The fourth-order valence-electron chi connectivity index (χ4n) is 3.64. The number of benzene rings is 1. The van der Waals surface area contributed by atoms with Crippen molar-refractivity contribution in [1.29, 1.82) is 0 Å². The Morgan fingerprint density at radius 3 is 2.65 bits per heavy atom. The van der Waals surface area contributed by atoms with E-state index >= 15 is 0 Å². The molecule has 8 nitrogen and oxygen atoms in total. The molecule has 0 atom stereocenters. The van der Waals surface area contributed by atoms with E-state index in [1.165, 1.54) is 0 Å². The van der Waals surface area contributed by atoms with Gasteiger partial charge < -0.3 is 9.47 Å². The van der Waals surface area contributed by atoms with Crippen molar-refractivity contribution < 1.29 is 4.79 Å². The summed E-state index contributed by atoms with van der Waals surface area (Å²) in [5.74, 6) is 1.33. The third-order valence-corrected chi connectivity index (χ3v) is 5.99. The molecule has 4 aromatic rings. The Balaban J connectivity index is 1.39. The van der Waals surface area contributed by atoms with Crippen molar-refractivity contribution in [1.82, 2.24) is 34.4 Å². The van der Waals surface area contributed by atoms with Gasteiger partial charge in [0.2, 0.25) is 0 Å². The summed E-state index contributed by atoms with van der Waals surface area (Å²) in [4.78, 5) is 19.3. The molecule has 1 amide bonds. The molecule has 1 aliphatic heterocycles. The average molecular weight is 454 g/mol. The highest BCUT2D eigenvalue weighted by atomic mass is 35.5. The first kappa shape index (κ1) is 19.7. The van der Waals surface area contributed by atoms with Crippen LogP contribution in [0.25, 0.3) is 22.8 Å². The van der Waals surface area contributed by atoms with Crippen LogP contribution >= 0.6 is 23.2 Å². The molecule has 3 aromatic heterocycles. The van der Waals surface area contributed by atoms with Gasteiger partial charge in [0.15, 0.2) is 11.6 Å². The molecular formula is C21H17Cl2N7O. The lowest BCUT2D eigenvalue weighted by Gasteiger charge is -2.27. The zero-order valence-electron chi connectivity index (χ0n) is 16.5. The number of amides is 1. The molecule has 0 aliphatic carbocycles. The highest BCUT2D eigenvalue weighted by Gasteiger charge is 2.28. The number of hydrogen-bond acceptors (Lipinski definition) is 5. The maximum absolute atomic E-state index is 13.2. The predicted molar refractivity (Wildman–Crippen MR) is 117 cm³/mol. The number of carbonyl (C=O) groups excluding carboxylic acids is 1. The zero-order chi connectivity index (χ0) is 21.5. The molecular weight excluding hydrogens is 437 g/mol. The van der Waals surface area contributed by atoms with Crippen molar-refractivity contribution in [3.8, 4) is 22.8 Å². The normalized spacial score (nSPS) is 13.3. The minimum Gasteiger partial charge on any atom is -0.328 e. The number of nitrogens with zero attached hydrogens (tertiary/aromatic N) is 7. The summed E-state index contributed by atoms with van der Waals surface area (Å²) in [6.07, 6.45) is 1.73. The van der Waals surface area contributed by atoms with E-state index in [2.05, 4.69) is 20.3 Å². The molecule has 0 N–H and O–H groups in total. The number of hydrogen-bond donors (Lipinski definition) is 0. The maximum atomic E-state index is 13.2. The second kappa shape index (κ2) is 7.79. The van der Waals surface area contributed by atoms with Crippen LogP contribution in [0, 0.1) is 0 Å². The van der Waals surface area contributed by atoms with Crippen LogP contribution in [0.1, 0.15) is 16.3 Å². The van der Waals surface area contributed by atoms with Crippen molar-refractivity contribution in [3.63, 3.8) is 0 Å². The number of pyridine rings is 1. The van der Waals surface area contributed by atoms with E-state index in [1.54, 1.807) is 41.0 Å². The summed E-state index contributed by atoms with van der Waals surface area (Å²) in [7, 11) is 1.75. The van der Waals surface area contributed by atoms with E-state index in [4.69, 9.17) is 23.2 Å². The first-order chi connectivity index (χ1) is 15.0. The van der Waals surface area contributed by atoms with Crippen molar-refractivity contribution in [2.75, 3.05) is 6.54 Å². The van der Waals surface area contributed by atoms with Crippen LogP contribution in [-0.4, -0.2) is 46.9 Å². The fourth-order valence-corrected chi connectivity index (χ4v) is 3.94. The van der Waals surface area contributed by atoms with E-state index in [1.807, 2.05) is 28.8 Å². The summed E-state index contributed by atoms with van der Waals surface area (Å²) in [6, 6.07) is 12.7. The number of halogens is 2. The van der Waals surface area contributed by atoms with Gasteiger partial charge in [-0.05, 0) is 30.3 Å². The monoisotopic (exact) mass is 453 g/mol. The molecule has 0 fully saturated rings. The van der Waals surface area contributed by atoms with Gasteiger partial charge in [-0.2, -0.15) is 5.10 Å². The Bertz CT molecular complexity index is 1280. The molecule has 0 saturated heterocycles. The van der Waals surface area contributed by atoms with Crippen molar-refractivity contribution in [2.24, 2.45) is 7.05 Å². The van der Waals surface area contributed by atoms with Gasteiger partial charge in [0.25, 0.3) is 5.91 Å². The van der Waals surface area contributed by atoms with Crippen molar-refractivity contribution in [2.45, 2.75) is 13.1 Å². The van der Waals surface area contributed by atoms with E-state index in [-0.39, 0.29) is 5.91 Å². The fraction of sp³-hybridized carbons (Fsp3) is 0.190. The molecule has 0 radical (unpaired) electrons. The SMILES string of the molecule is Cn1nc(-c2ccc(Cl)c(Cl)c2)cc1C(=O)N1CCn2c(nnc2-c2ccccn2)C1. The molecule has 0 bridgehead atoms. The highest BCUT2D eigenvalue weighted by molar-refractivity contribution is 6.42. The van der Waals surface area contributed by atoms with Gasteiger partial charge in [0.05, 0.1) is 22.3 Å². The summed E-state index contributed by atoms with van der Waals surface area (Å²) in [5.41, 5.74) is 2.70. The van der Waals surface area contributed by atoms with Gasteiger partial charge in [-0.15, -0.1) is 10.2 Å². The van der Waals surface area contributed by atoms with Gasteiger partial charge in [-0.1, -0.05) is 35.3 Å². The van der Waals surface area contributed by atoms with E-state index in [0.717, 1.165) is 17.1 Å². The smallest absolute Gasteiger partial charge is 0.272 e. The first-order valence-electron chi connectivity index (χ1n) is 9.63. The topological polar surface area (TPSA) is 81.7 Å². The van der Waals surface area contributed by atoms with Crippen LogP contribution in [0.3, 0.4) is 0 Å². The molecule has 5 rings (SSSR count). The molecule has 1 aliphatic rings. The molecule has 0 saturated carbocycles. The van der Waals surface area contributed by atoms with Crippen LogP contribution in [0.2, 0.25) is 10.0 Å². The minimum atomic E-state index is -0.116. The van der Waals surface area contributed by atoms with Crippen LogP contribution in [0.15, 0.2) is 48.7 Å². The third kappa shape index (κ3) is 3.58. The zero-order valence-corrected chi connectivity index (χ0v) is 18.0. The molecule has 0 unspecified atom stereocenters. The molecule has 156 valence electrons. The Hall–Kier alpha value is -3.23. The highest BCUT2D eigenvalue weighted by Crippen LogP contribution is 2.29. The van der Waals surface area contributed by atoms with E-state index in [9.17, 15) is 4.79 Å². The van der Waals surface area contributed by atoms with Crippen LogP contribution < -0.4 is 0 Å². The van der Waals surface area contributed by atoms with E-state index < -0.39 is 0 Å². The van der Waals surface area contributed by atoms with Crippen molar-refractivity contribution >= 4 is 29.1 Å². The lowest BCUT2D eigenvalue weighted by atomic mass is 10.1. The average Bonchev–Trinajstić information content (AvgIpc) is 3.39. The maximum Gasteiger partial charge on any atom is 0.272 e. The second-order valence-corrected chi connectivity index (χ2v) is 8.01. The standard InChI is InChI=1S/C21H17Cl2N7O/c1-28-18(11-17(27-28)13-5-6-14(22)15(23)10-13)21(31)29-8-9-30-19(12-29)25-26-20(30)16-4-2-3-7-24-16/h2-7,10-11H,8-9,12H2,1H3. The predicted octanol–water partition coefficient (Wildman–Crippen LogP) is 3.70. The summed E-state index contributed by atoms with van der Waals surface area (Å²) in [5, 5.41) is 14.0. The number of aromatic nitrogens is 6. The minimum absolute atomic E-state index is 0.116. The van der Waals surface area contributed by atoms with Crippen LogP contribution in [-0.2, 0) is 20.1 Å². The summed E-state index contributed by atoms with van der Waals surface area (Å²) < 4.78 is 3.59. The van der Waals surface area contributed by atoms with Gasteiger partial charge in [0.1, 0.15) is 11.4 Å². The molecule has 10 heteroatoms. The number of aryl methyl sites for hydroxylation is 1. The lowest BCUT2D eigenvalue weighted by molar-refractivity contribution is 0.0696. The first-order valence-corrected chi connectivity index (χ1v) is 10.4. The molecule has 0 spiro atoms. The number of rotatable bonds is 3. The van der Waals surface area contributed by atoms with Crippen LogP contribution in [0.5, 0.6) is 0 Å². The Labute approximate surface area is 188 Å². The van der Waals surface area contributed by atoms with Crippen molar-refractivity contribution in [3.05, 3.63) is 70.2 Å². The number of fused-ring (bicyclic) bond motifs is 1. The molecule has 1 aromatic carbocycles. The third-order valence-electron chi connectivity index (χ3n) is 5.25. The summed E-state index contributed by atoms with van der Waals surface area (Å²) in [6.45, 7) is 1.50. The van der Waals surface area contributed by atoms with Gasteiger partial charge >= 0.3 is 0 Å². The van der Waals surface area contributed by atoms with Crippen LogP contribution in [0.4, 0.5) is 0 Å². The van der Waals surface area contributed by atoms with Gasteiger partial charge in [0, 0.05) is 31.9 Å².